The molecule has 0 spiro atoms. The lowest BCUT2D eigenvalue weighted by Gasteiger charge is -2.09. The van der Waals surface area contributed by atoms with E-state index in [-0.39, 0.29) is 35.2 Å². The van der Waals surface area contributed by atoms with Crippen molar-refractivity contribution in [3.8, 4) is 17.2 Å². The predicted octanol–water partition coefficient (Wildman–Crippen LogP) is 2.32. The Kier molecular flexibility index (Phi) is 3.60. The molecule has 0 fully saturated rings. The number of nitro benzene ring substituents is 1. The predicted molar refractivity (Wildman–Crippen MR) is 71.9 cm³/mol. The quantitative estimate of drug-likeness (QED) is 0.295. The summed E-state index contributed by atoms with van der Waals surface area (Å²) >= 11 is 0. The van der Waals surface area contributed by atoms with Crippen molar-refractivity contribution in [3.63, 3.8) is 0 Å². The first-order valence-corrected chi connectivity index (χ1v) is 5.70. The van der Waals surface area contributed by atoms with Crippen molar-refractivity contribution in [1.82, 2.24) is 0 Å². The number of benzene rings is 2. The molecule has 7 heteroatoms. The summed E-state index contributed by atoms with van der Waals surface area (Å²) in [5.41, 5.74) is 0.326. The highest BCUT2D eigenvalue weighted by atomic mass is 16.6. The molecule has 0 saturated heterocycles. The average Bonchev–Trinajstić information content (AvgIpc) is 2.41. The topological polar surface area (TPSA) is 116 Å². The third kappa shape index (κ3) is 2.72. The van der Waals surface area contributed by atoms with Crippen LogP contribution in [0, 0.1) is 10.1 Å². The minimum absolute atomic E-state index is 0.0891. The number of nitro groups is 1. The maximum absolute atomic E-state index is 10.9. The number of hydrogen-bond donors (Lipinski definition) is 4. The summed E-state index contributed by atoms with van der Waals surface area (Å²) in [5.74, 6) is -0.742. The molecule has 0 aromatic heterocycles. The largest absolute Gasteiger partial charge is 0.508 e. The number of phenolic OH excluding ortho intramolecular Hbond substituents is 3. The van der Waals surface area contributed by atoms with Crippen LogP contribution in [0.25, 0.3) is 0 Å². The van der Waals surface area contributed by atoms with Crippen molar-refractivity contribution in [2.45, 2.75) is 6.54 Å². The fraction of sp³-hybridized carbons (Fsp3) is 0.0769. The summed E-state index contributed by atoms with van der Waals surface area (Å²) in [7, 11) is 0. The highest BCUT2D eigenvalue weighted by Gasteiger charge is 2.15. The van der Waals surface area contributed by atoms with Gasteiger partial charge in [-0.3, -0.25) is 10.1 Å². The van der Waals surface area contributed by atoms with Gasteiger partial charge in [0.15, 0.2) is 11.5 Å². The van der Waals surface area contributed by atoms with Crippen molar-refractivity contribution >= 4 is 11.4 Å². The van der Waals surface area contributed by atoms with E-state index in [2.05, 4.69) is 5.32 Å². The smallest absolute Gasteiger partial charge is 0.296 e. The second-order valence-electron chi connectivity index (χ2n) is 4.10. The van der Waals surface area contributed by atoms with Crippen LogP contribution in [-0.2, 0) is 6.54 Å². The zero-order valence-electron chi connectivity index (χ0n) is 10.3. The highest BCUT2D eigenvalue weighted by Crippen LogP contribution is 2.31. The molecule has 20 heavy (non-hydrogen) atoms. The van der Waals surface area contributed by atoms with Gasteiger partial charge in [0.25, 0.3) is 5.69 Å². The first-order valence-electron chi connectivity index (χ1n) is 5.70. The van der Waals surface area contributed by atoms with Crippen LogP contribution in [0.3, 0.4) is 0 Å². The molecule has 0 aliphatic rings. The number of nitrogens with one attached hydrogen (secondary N) is 1. The molecule has 0 heterocycles. The van der Waals surface area contributed by atoms with Gasteiger partial charge in [-0.2, -0.15) is 0 Å². The number of anilines is 1. The molecular weight excluding hydrogens is 264 g/mol. The van der Waals surface area contributed by atoms with E-state index in [0.717, 1.165) is 6.07 Å². The van der Waals surface area contributed by atoms with E-state index in [9.17, 15) is 25.4 Å². The molecule has 0 aliphatic heterocycles. The first kappa shape index (κ1) is 13.5. The van der Waals surface area contributed by atoms with Gasteiger partial charge < -0.3 is 20.6 Å². The Balaban J connectivity index is 2.23. The minimum atomic E-state index is -0.621. The van der Waals surface area contributed by atoms with Gasteiger partial charge in [0.2, 0.25) is 0 Å². The normalized spacial score (nSPS) is 10.2. The number of para-hydroxylation sites is 1. The minimum Gasteiger partial charge on any atom is -0.508 e. The number of nitrogens with zero attached hydrogens (tertiary/aromatic N) is 1. The lowest BCUT2D eigenvalue weighted by atomic mass is 10.1. The first-order chi connectivity index (χ1) is 9.49. The molecule has 104 valence electrons. The van der Waals surface area contributed by atoms with E-state index in [0.29, 0.717) is 5.56 Å². The van der Waals surface area contributed by atoms with Crippen LogP contribution in [0.5, 0.6) is 17.2 Å². The van der Waals surface area contributed by atoms with E-state index < -0.39 is 4.92 Å². The van der Waals surface area contributed by atoms with Gasteiger partial charge in [0, 0.05) is 12.1 Å². The summed E-state index contributed by atoms with van der Waals surface area (Å²) in [5, 5.41) is 41.9. The van der Waals surface area contributed by atoms with E-state index >= 15 is 0 Å². The van der Waals surface area contributed by atoms with Gasteiger partial charge in [-0.15, -0.1) is 0 Å². The summed E-state index contributed by atoms with van der Waals surface area (Å²) in [6, 6.07) is 8.18. The second-order valence-corrected chi connectivity index (χ2v) is 4.10. The van der Waals surface area contributed by atoms with Crippen molar-refractivity contribution in [2.75, 3.05) is 5.32 Å². The Hall–Kier alpha value is -2.96. The third-order valence-electron chi connectivity index (χ3n) is 2.75. The van der Waals surface area contributed by atoms with Gasteiger partial charge in [-0.05, 0) is 18.2 Å². The fourth-order valence-corrected chi connectivity index (χ4v) is 1.73. The van der Waals surface area contributed by atoms with Crippen LogP contribution in [0.2, 0.25) is 0 Å². The summed E-state index contributed by atoms with van der Waals surface area (Å²) in [6.07, 6.45) is 0. The van der Waals surface area contributed by atoms with Crippen LogP contribution in [0.15, 0.2) is 36.4 Å². The van der Waals surface area contributed by atoms with Gasteiger partial charge in [-0.25, -0.2) is 0 Å². The summed E-state index contributed by atoms with van der Waals surface area (Å²) in [6.45, 7) is 0.0891. The Labute approximate surface area is 113 Å². The van der Waals surface area contributed by atoms with Crippen molar-refractivity contribution in [1.29, 1.82) is 0 Å². The number of hydrogen-bond acceptors (Lipinski definition) is 6. The highest BCUT2D eigenvalue weighted by molar-refractivity contribution is 5.64. The van der Waals surface area contributed by atoms with E-state index in [1.54, 1.807) is 12.1 Å². The zero-order valence-corrected chi connectivity index (χ0v) is 10.3. The zero-order chi connectivity index (χ0) is 14.7. The molecule has 0 aliphatic carbocycles. The van der Waals surface area contributed by atoms with Crippen LogP contribution < -0.4 is 5.32 Å². The van der Waals surface area contributed by atoms with Gasteiger partial charge in [0.05, 0.1) is 11.0 Å². The van der Waals surface area contributed by atoms with Crippen LogP contribution in [-0.4, -0.2) is 20.2 Å². The molecule has 0 atom stereocenters. The number of rotatable bonds is 4. The maximum atomic E-state index is 10.9. The Morgan fingerprint density at radius 3 is 2.60 bits per heavy atom. The summed E-state index contributed by atoms with van der Waals surface area (Å²) < 4.78 is 0. The molecule has 2 rings (SSSR count). The van der Waals surface area contributed by atoms with Crippen molar-refractivity contribution in [2.24, 2.45) is 0 Å². The molecule has 4 N–H and O–H groups in total. The molecule has 2 aromatic carbocycles. The Morgan fingerprint density at radius 2 is 1.90 bits per heavy atom. The maximum Gasteiger partial charge on any atom is 0.296 e. The van der Waals surface area contributed by atoms with Gasteiger partial charge in [0.1, 0.15) is 11.4 Å². The van der Waals surface area contributed by atoms with Crippen molar-refractivity contribution in [3.05, 3.63) is 52.1 Å². The van der Waals surface area contributed by atoms with Crippen molar-refractivity contribution < 1.29 is 20.2 Å². The lowest BCUT2D eigenvalue weighted by molar-refractivity contribution is -0.384. The number of phenols is 3. The Bertz CT molecular complexity index is 657. The molecule has 7 nitrogen and oxygen atoms in total. The Morgan fingerprint density at radius 1 is 1.15 bits per heavy atom. The standard InChI is InChI=1S/C13H12N2O5/c16-9-4-5-10(11(6-9)15(19)20)14-7-8-2-1-3-12(17)13(8)18/h1-6,14,16-18H,7H2. The fourth-order valence-electron chi connectivity index (χ4n) is 1.73. The van der Waals surface area contributed by atoms with Gasteiger partial charge >= 0.3 is 0 Å². The van der Waals surface area contributed by atoms with Crippen LogP contribution in [0.1, 0.15) is 5.56 Å². The van der Waals surface area contributed by atoms with Gasteiger partial charge in [-0.1, -0.05) is 12.1 Å². The third-order valence-corrected chi connectivity index (χ3v) is 2.75. The molecular formula is C13H12N2O5. The SMILES string of the molecule is O=[N+]([O-])c1cc(O)ccc1NCc1cccc(O)c1O. The van der Waals surface area contributed by atoms with E-state index in [1.807, 2.05) is 0 Å². The molecule has 0 radical (unpaired) electrons. The number of aromatic hydroxyl groups is 3. The van der Waals surface area contributed by atoms with E-state index in [1.165, 1.54) is 18.2 Å². The molecule has 0 saturated carbocycles. The molecule has 0 unspecified atom stereocenters. The molecule has 0 amide bonds. The lowest BCUT2D eigenvalue weighted by Crippen LogP contribution is -2.02. The second kappa shape index (κ2) is 5.35. The molecule has 2 aromatic rings. The van der Waals surface area contributed by atoms with Crippen LogP contribution >= 0.6 is 0 Å². The monoisotopic (exact) mass is 276 g/mol. The van der Waals surface area contributed by atoms with E-state index in [4.69, 9.17) is 0 Å². The molecule has 0 bridgehead atoms. The van der Waals surface area contributed by atoms with Crippen LogP contribution in [0.4, 0.5) is 11.4 Å². The average molecular weight is 276 g/mol. The summed E-state index contributed by atoms with van der Waals surface area (Å²) in [4.78, 5) is 10.3.